The molecule has 14 rings (SSSR count). The van der Waals surface area contributed by atoms with Crippen LogP contribution in [-0.4, -0.2) is 215 Å². The van der Waals surface area contributed by atoms with Crippen molar-refractivity contribution in [2.45, 2.75) is 198 Å². The van der Waals surface area contributed by atoms with Crippen LogP contribution in [0.15, 0.2) is 158 Å². The lowest BCUT2D eigenvalue weighted by molar-refractivity contribution is -0.145. The number of carboxylic acid groups (broad SMARTS) is 1. The maximum Gasteiger partial charge on any atom is 0.326 e. The number of likely N-dealkylation sites (tertiary alicyclic amines) is 2. The van der Waals surface area contributed by atoms with E-state index in [1.165, 1.54) is 14.5 Å². The van der Waals surface area contributed by atoms with E-state index in [9.17, 15) is 42.6 Å². The average molecular weight is 1650 g/mol. The van der Waals surface area contributed by atoms with E-state index in [0.29, 0.717) is 57.9 Å². The van der Waals surface area contributed by atoms with E-state index in [-0.39, 0.29) is 78.0 Å². The van der Waals surface area contributed by atoms with Crippen LogP contribution in [0, 0.1) is 10.8 Å². The summed E-state index contributed by atoms with van der Waals surface area (Å²) in [4.78, 5) is 149. The summed E-state index contributed by atoms with van der Waals surface area (Å²) < 4.78 is 49.5. The lowest BCUT2D eigenvalue weighted by atomic mass is 9.85. The molecule has 12 atom stereocenters. The molecular weight excluding hydrogens is 1550 g/mol. The van der Waals surface area contributed by atoms with Crippen LogP contribution < -0.4 is 56.7 Å². The molecule has 31 nitrogen and oxygen atoms in total. The number of likely N-dealkylation sites (N-methyl/N-ethyl adjacent to an activating group) is 2. The SMILES string of the molecule is CN[C@@H](C)C(=O)N[C@H](C(=O)N1CC2CC1C(=O)N[C@@H](Cc1cccc(-c3ccc(CO)cc3)c1)C(=O)N[C@H](C(=O)NS(=O)(=O)C1CC1)Cc1ccc(cc1)OCc1cn(nn1)C1C[C@@H](C(=O)N[C@@H](Cc3ccc4ccccc4c3)C(=O)N[C@H](C(=O)O)Cc3ccc(cc3)OC/C=C/CO2)N(C(=O)[C@@H](NC(=O)[C@H](C)NC)C(C)(C)C)C1)C(C)(C)C. The quantitative estimate of drug-likeness (QED) is 0.0529. The Bertz CT molecular complexity index is 4970. The molecule has 1 saturated carbocycles. The van der Waals surface area contributed by atoms with Gasteiger partial charge >= 0.3 is 5.97 Å². The fraction of sp³-hybridized carbons (Fsp3) is 0.448. The molecule has 1 aromatic heterocycles. The minimum absolute atomic E-state index is 0.0279. The number of aromatic nitrogens is 3. The first-order valence-electron chi connectivity index (χ1n) is 40.1. The Balaban J connectivity index is 0.930. The van der Waals surface area contributed by atoms with Gasteiger partial charge in [-0.25, -0.2) is 17.9 Å². The molecule has 2 saturated heterocycles. The molecule has 3 unspecified atom stereocenters. The van der Waals surface area contributed by atoms with Crippen molar-refractivity contribution in [1.82, 2.24) is 72.1 Å². The number of rotatable bonds is 18. The molecule has 634 valence electrons. The van der Waals surface area contributed by atoms with Crippen molar-refractivity contribution in [3.05, 3.63) is 191 Å². The molecule has 11 N–H and O–H groups in total. The maximum absolute atomic E-state index is 15.4. The summed E-state index contributed by atoms with van der Waals surface area (Å²) in [7, 11) is -1.00. The van der Waals surface area contributed by atoms with Crippen LogP contribution in [0.5, 0.6) is 11.5 Å². The molecule has 7 aromatic rings. The van der Waals surface area contributed by atoms with E-state index >= 15 is 24.0 Å². The van der Waals surface area contributed by atoms with E-state index in [1.807, 2.05) is 66.7 Å². The Morgan fingerprint density at radius 3 is 1.67 bits per heavy atom. The number of fused-ring (bicyclic) bond motifs is 1. The number of carbonyl (C=O) groups is 10. The van der Waals surface area contributed by atoms with Gasteiger partial charge in [-0.1, -0.05) is 168 Å². The number of amides is 9. The average Bonchev–Trinajstić information content (AvgIpc) is 1.66. The lowest BCUT2D eigenvalue weighted by Crippen LogP contribution is -2.61. The highest BCUT2D eigenvalue weighted by molar-refractivity contribution is 7.91. The molecule has 7 aliphatic rings. The van der Waals surface area contributed by atoms with E-state index in [0.717, 1.165) is 21.9 Å². The van der Waals surface area contributed by atoms with Crippen molar-refractivity contribution in [1.29, 1.82) is 0 Å². The van der Waals surface area contributed by atoms with E-state index < -0.39 is 158 Å². The van der Waals surface area contributed by atoms with Crippen LogP contribution in [0.2, 0.25) is 0 Å². The Kier molecular flexibility index (Phi) is 28.9. The minimum Gasteiger partial charge on any atom is -0.490 e. The zero-order valence-electron chi connectivity index (χ0n) is 68.6. The number of hydrogen-bond donors (Lipinski definition) is 11. The van der Waals surface area contributed by atoms with Crippen molar-refractivity contribution in [2.75, 3.05) is 40.4 Å². The topological polar surface area (TPSA) is 418 Å². The first kappa shape index (κ1) is 88.4. The highest BCUT2D eigenvalue weighted by atomic mass is 32.2. The van der Waals surface area contributed by atoms with Crippen molar-refractivity contribution in [3.8, 4) is 22.6 Å². The number of aliphatic carboxylic acids is 1. The molecule has 0 spiro atoms. The number of hydrogen-bond acceptors (Lipinski definition) is 20. The van der Waals surface area contributed by atoms with Crippen LogP contribution in [0.3, 0.4) is 0 Å². The molecule has 0 radical (unpaired) electrons. The van der Waals surface area contributed by atoms with Gasteiger partial charge in [0.1, 0.15) is 78.7 Å². The van der Waals surface area contributed by atoms with Crippen molar-refractivity contribution >= 4 is 79.9 Å². The summed E-state index contributed by atoms with van der Waals surface area (Å²) in [6.07, 6.45) is 3.88. The molecule has 10 bridgehead atoms. The van der Waals surface area contributed by atoms with Gasteiger partial charge in [0.15, 0.2) is 0 Å². The van der Waals surface area contributed by atoms with E-state index in [2.05, 4.69) is 57.6 Å². The van der Waals surface area contributed by atoms with Crippen LogP contribution >= 0.6 is 0 Å². The highest BCUT2D eigenvalue weighted by Gasteiger charge is 2.49. The second-order valence-electron chi connectivity index (χ2n) is 33.1. The van der Waals surface area contributed by atoms with Crippen molar-refractivity contribution < 1.29 is 80.8 Å². The molecule has 1 aliphatic carbocycles. The summed E-state index contributed by atoms with van der Waals surface area (Å²) in [6, 6.07) is 27.4. The van der Waals surface area contributed by atoms with Crippen molar-refractivity contribution in [3.63, 3.8) is 0 Å². The monoisotopic (exact) mass is 1650 g/mol. The van der Waals surface area contributed by atoms with Gasteiger partial charge in [-0.05, 0) is 132 Å². The number of nitrogens with zero attached hydrogens (tertiary/aromatic N) is 5. The number of carboxylic acids is 1. The second kappa shape index (κ2) is 39.0. The van der Waals surface area contributed by atoms with Crippen molar-refractivity contribution in [2.24, 2.45) is 10.8 Å². The smallest absolute Gasteiger partial charge is 0.326 e. The highest BCUT2D eigenvalue weighted by Crippen LogP contribution is 2.34. The predicted octanol–water partition coefficient (Wildman–Crippen LogP) is 4.43. The molecule has 7 heterocycles. The van der Waals surface area contributed by atoms with Crippen LogP contribution in [0.4, 0.5) is 0 Å². The molecule has 6 aliphatic heterocycles. The summed E-state index contributed by atoms with van der Waals surface area (Å²) in [5.74, 6) is -7.11. The molecule has 32 heteroatoms. The molecular formula is C87H108N14O17S. The third-order valence-corrected chi connectivity index (χ3v) is 23.8. The first-order valence-corrected chi connectivity index (χ1v) is 41.6. The van der Waals surface area contributed by atoms with E-state index in [1.54, 1.807) is 161 Å². The zero-order valence-corrected chi connectivity index (χ0v) is 69.4. The van der Waals surface area contributed by atoms with Gasteiger partial charge in [-0.3, -0.25) is 47.9 Å². The fourth-order valence-corrected chi connectivity index (χ4v) is 15.9. The normalized spacial score (nSPS) is 22.1. The zero-order chi connectivity index (χ0) is 85.6. The predicted molar refractivity (Wildman–Crippen MR) is 443 cm³/mol. The Morgan fingerprint density at radius 2 is 1.11 bits per heavy atom. The Morgan fingerprint density at radius 1 is 0.580 bits per heavy atom. The summed E-state index contributed by atoms with van der Waals surface area (Å²) in [5.41, 5.74) is 2.79. The molecule has 3 fully saturated rings. The van der Waals surface area contributed by atoms with Crippen LogP contribution in [-0.2, 0) is 102 Å². The standard InChI is InChI=1S/C87H108N14O17S/c1-51(88-9)76(103)94-74(86(3,4)5)83(110)99-47-63-44-72(99)81(108)91-69(43-57-22-29-58-17-11-12-18-60(58)39-57)79(106)93-71(85(112)113)41-54-23-30-64(31-24-54)116-36-13-14-37-117-66-45-73(100(48-66)84(111)75(87(6,7)8)95-77(104)52(2)89-10)82(109)92-68(42-56-16-15-19-61(38-56)59-27-20-55(49-102)21-28-59)78(105)90-70(80(107)97-119(114,115)67-34-35-67)40-53-25-32-65(33-26-53)118-50-62-46-101(63)98-96-62/h11-33,38-39,46,51-52,63,66-75,88-89,102H,34-37,40-45,47-50H2,1-10H3,(H,90,105)(H,91,108)(H,92,109)(H,93,106)(H,94,103)(H,95,104)(H,97,107)(H,112,113)/b14-13+/t51-,52-,63?,66?,68-,69-,70-,71-,72-,73?,74+,75+/m0/s1. The minimum atomic E-state index is -4.21. The maximum atomic E-state index is 15.4. The number of aliphatic hydroxyl groups is 1. The van der Waals surface area contributed by atoms with Gasteiger partial charge < -0.3 is 76.8 Å². The van der Waals surface area contributed by atoms with Crippen LogP contribution in [0.1, 0.15) is 121 Å². The fourth-order valence-electron chi connectivity index (χ4n) is 14.5. The lowest BCUT2D eigenvalue weighted by Gasteiger charge is -2.36. The van der Waals surface area contributed by atoms with E-state index in [4.69, 9.17) is 14.2 Å². The summed E-state index contributed by atoms with van der Waals surface area (Å²) in [6.45, 7) is 13.3. The number of sulfonamides is 1. The third-order valence-electron chi connectivity index (χ3n) is 22.0. The number of benzene rings is 6. The number of ether oxygens (including phenoxy) is 3. The summed E-state index contributed by atoms with van der Waals surface area (Å²) in [5, 5.41) is 53.2. The van der Waals surface area contributed by atoms with Gasteiger partial charge in [-0.15, -0.1) is 5.10 Å². The van der Waals surface area contributed by atoms with Gasteiger partial charge in [0.05, 0.1) is 48.9 Å². The van der Waals surface area contributed by atoms with Gasteiger partial charge in [0.2, 0.25) is 57.3 Å². The van der Waals surface area contributed by atoms with Gasteiger partial charge in [-0.2, -0.15) is 0 Å². The number of carbonyl (C=O) groups excluding carboxylic acids is 9. The van der Waals surface area contributed by atoms with Gasteiger partial charge in [0, 0.05) is 51.6 Å². The largest absolute Gasteiger partial charge is 0.490 e. The third kappa shape index (κ3) is 23.3. The number of nitrogens with one attached hydrogen (secondary N) is 9. The Hall–Kier alpha value is -11.4. The summed E-state index contributed by atoms with van der Waals surface area (Å²) >= 11 is 0. The van der Waals surface area contributed by atoms with Crippen LogP contribution in [0.25, 0.3) is 21.9 Å². The van der Waals surface area contributed by atoms with Gasteiger partial charge in [0.25, 0.3) is 5.91 Å². The molecule has 6 aromatic carbocycles. The molecule has 119 heavy (non-hydrogen) atoms. The number of aliphatic hydroxyl groups excluding tert-OH is 1. The second-order valence-corrected chi connectivity index (χ2v) is 35.1. The first-order chi connectivity index (χ1) is 56.6. The Labute approximate surface area is 692 Å². The molecule has 9 amide bonds.